The molecule has 13 heavy (non-hydrogen) atoms. The normalized spacial score (nSPS) is 9.69. The van der Waals surface area contributed by atoms with Crippen molar-refractivity contribution in [3.63, 3.8) is 0 Å². The summed E-state index contributed by atoms with van der Waals surface area (Å²) in [4.78, 5) is 0. The Balaban J connectivity index is 2.66. The lowest BCUT2D eigenvalue weighted by Crippen LogP contribution is -2.04. The van der Waals surface area contributed by atoms with Gasteiger partial charge >= 0.3 is 0 Å². The van der Waals surface area contributed by atoms with Crippen LogP contribution >= 0.6 is 11.6 Å². The van der Waals surface area contributed by atoms with E-state index in [9.17, 15) is 0 Å². The van der Waals surface area contributed by atoms with Crippen molar-refractivity contribution in [1.82, 2.24) is 0 Å². The van der Waals surface area contributed by atoms with E-state index in [4.69, 9.17) is 16.3 Å². The van der Waals surface area contributed by atoms with Crippen molar-refractivity contribution in [3.05, 3.63) is 24.3 Å². The molecule has 72 valence electrons. The molecular formula is C10H14ClNO. The zero-order chi connectivity index (χ0) is 9.52. The number of rotatable bonds is 5. The number of nitrogens with one attached hydrogen (secondary N) is 1. The first-order chi connectivity index (χ1) is 6.38. The number of hydrogen-bond acceptors (Lipinski definition) is 2. The van der Waals surface area contributed by atoms with E-state index in [0.29, 0.717) is 12.5 Å². The first-order valence-corrected chi connectivity index (χ1v) is 4.93. The molecule has 1 rings (SSSR count). The van der Waals surface area contributed by atoms with E-state index >= 15 is 0 Å². The van der Waals surface area contributed by atoms with Gasteiger partial charge < -0.3 is 10.1 Å². The van der Waals surface area contributed by atoms with Crippen molar-refractivity contribution in [2.24, 2.45) is 0 Å². The van der Waals surface area contributed by atoms with Crippen LogP contribution in [-0.4, -0.2) is 19.0 Å². The van der Waals surface area contributed by atoms with Crippen molar-refractivity contribution in [2.75, 3.05) is 24.3 Å². The summed E-state index contributed by atoms with van der Waals surface area (Å²) in [7, 11) is 0. The van der Waals surface area contributed by atoms with E-state index in [1.165, 1.54) is 0 Å². The third-order valence-corrected chi connectivity index (χ3v) is 1.79. The van der Waals surface area contributed by atoms with Gasteiger partial charge in [-0.3, -0.25) is 0 Å². The summed E-state index contributed by atoms with van der Waals surface area (Å²) < 4.78 is 5.43. The number of benzene rings is 1. The topological polar surface area (TPSA) is 21.3 Å². The van der Waals surface area contributed by atoms with Crippen molar-refractivity contribution in [2.45, 2.75) is 6.92 Å². The molecular weight excluding hydrogens is 186 g/mol. The van der Waals surface area contributed by atoms with Crippen LogP contribution in [0.3, 0.4) is 0 Å². The fraction of sp³-hybridized carbons (Fsp3) is 0.400. The van der Waals surface area contributed by atoms with Crippen molar-refractivity contribution in [3.8, 4) is 5.75 Å². The van der Waals surface area contributed by atoms with Gasteiger partial charge in [0.15, 0.2) is 0 Å². The number of para-hydroxylation sites is 2. The Hall–Kier alpha value is -0.890. The summed E-state index contributed by atoms with van der Waals surface area (Å²) in [5, 5.41) is 3.19. The van der Waals surface area contributed by atoms with Crippen LogP contribution in [0.2, 0.25) is 0 Å². The molecule has 0 heterocycles. The van der Waals surface area contributed by atoms with E-state index in [0.717, 1.165) is 18.0 Å². The lowest BCUT2D eigenvalue weighted by Gasteiger charge is -2.10. The van der Waals surface area contributed by atoms with Crippen molar-refractivity contribution in [1.29, 1.82) is 0 Å². The van der Waals surface area contributed by atoms with Gasteiger partial charge in [0.1, 0.15) is 5.75 Å². The summed E-state index contributed by atoms with van der Waals surface area (Å²) >= 11 is 5.58. The maximum absolute atomic E-state index is 5.58. The molecule has 0 aliphatic rings. The fourth-order valence-corrected chi connectivity index (χ4v) is 1.17. The maximum atomic E-state index is 5.58. The summed E-state index contributed by atoms with van der Waals surface area (Å²) in [6, 6.07) is 7.85. The van der Waals surface area contributed by atoms with Gasteiger partial charge in [-0.05, 0) is 19.1 Å². The minimum Gasteiger partial charge on any atom is -0.492 e. The largest absolute Gasteiger partial charge is 0.492 e. The van der Waals surface area contributed by atoms with Gasteiger partial charge in [-0.25, -0.2) is 0 Å². The molecule has 0 unspecified atom stereocenters. The Morgan fingerprint density at radius 3 is 2.85 bits per heavy atom. The number of halogens is 1. The van der Waals surface area contributed by atoms with E-state index in [1.807, 2.05) is 31.2 Å². The number of hydrogen-bond donors (Lipinski definition) is 1. The van der Waals surface area contributed by atoms with Crippen LogP contribution in [0.4, 0.5) is 5.69 Å². The monoisotopic (exact) mass is 199 g/mol. The van der Waals surface area contributed by atoms with E-state index in [1.54, 1.807) is 0 Å². The van der Waals surface area contributed by atoms with Crippen LogP contribution in [0.1, 0.15) is 6.92 Å². The molecule has 0 saturated carbocycles. The molecule has 1 aromatic carbocycles. The summed E-state index contributed by atoms with van der Waals surface area (Å²) in [6.45, 7) is 3.41. The highest BCUT2D eigenvalue weighted by Gasteiger charge is 1.99. The zero-order valence-corrected chi connectivity index (χ0v) is 8.47. The van der Waals surface area contributed by atoms with Crippen molar-refractivity contribution < 1.29 is 4.74 Å². The number of alkyl halides is 1. The maximum Gasteiger partial charge on any atom is 0.142 e. The third-order valence-electron chi connectivity index (χ3n) is 1.60. The van der Waals surface area contributed by atoms with Crippen LogP contribution < -0.4 is 10.1 Å². The van der Waals surface area contributed by atoms with Gasteiger partial charge in [-0.2, -0.15) is 0 Å². The smallest absolute Gasteiger partial charge is 0.142 e. The lowest BCUT2D eigenvalue weighted by molar-refractivity contribution is 0.342. The Morgan fingerprint density at radius 1 is 1.38 bits per heavy atom. The molecule has 0 fully saturated rings. The average Bonchev–Trinajstić information content (AvgIpc) is 2.17. The van der Waals surface area contributed by atoms with Gasteiger partial charge in [0.05, 0.1) is 12.3 Å². The quantitative estimate of drug-likeness (QED) is 0.737. The molecule has 3 heteroatoms. The highest BCUT2D eigenvalue weighted by molar-refractivity contribution is 6.18. The highest BCUT2D eigenvalue weighted by Crippen LogP contribution is 2.23. The molecule has 0 aromatic heterocycles. The van der Waals surface area contributed by atoms with Crippen LogP contribution in [0, 0.1) is 0 Å². The van der Waals surface area contributed by atoms with Gasteiger partial charge in [-0.15, -0.1) is 11.6 Å². The van der Waals surface area contributed by atoms with Crippen LogP contribution in [-0.2, 0) is 0 Å². The van der Waals surface area contributed by atoms with Gasteiger partial charge in [0.2, 0.25) is 0 Å². The summed E-state index contributed by atoms with van der Waals surface area (Å²) in [5.74, 6) is 1.48. The second-order valence-corrected chi connectivity index (χ2v) is 2.92. The van der Waals surface area contributed by atoms with Crippen LogP contribution in [0.15, 0.2) is 24.3 Å². The van der Waals surface area contributed by atoms with Crippen molar-refractivity contribution >= 4 is 17.3 Å². The Kier molecular flexibility index (Phi) is 4.47. The number of ether oxygens (including phenoxy) is 1. The standard InChI is InChI=1S/C10H14ClNO/c1-2-13-10-6-4-3-5-9(10)12-8-7-11/h3-6,12H,2,7-8H2,1H3. The van der Waals surface area contributed by atoms with E-state index in [2.05, 4.69) is 5.32 Å². The summed E-state index contributed by atoms with van der Waals surface area (Å²) in [5.41, 5.74) is 1.00. The molecule has 0 amide bonds. The number of anilines is 1. The second kappa shape index (κ2) is 5.70. The van der Waals surface area contributed by atoms with Gasteiger partial charge in [0, 0.05) is 12.4 Å². The highest BCUT2D eigenvalue weighted by atomic mass is 35.5. The Bertz CT molecular complexity index is 252. The second-order valence-electron chi connectivity index (χ2n) is 2.54. The van der Waals surface area contributed by atoms with Crippen LogP contribution in [0.5, 0.6) is 5.75 Å². The SMILES string of the molecule is CCOc1ccccc1NCCCl. The third kappa shape index (κ3) is 3.15. The predicted octanol–water partition coefficient (Wildman–Crippen LogP) is 2.74. The first-order valence-electron chi connectivity index (χ1n) is 4.40. The molecule has 1 aromatic rings. The molecule has 0 spiro atoms. The fourth-order valence-electron chi connectivity index (χ4n) is 1.08. The minimum absolute atomic E-state index is 0.598. The van der Waals surface area contributed by atoms with Gasteiger partial charge in [0.25, 0.3) is 0 Å². The van der Waals surface area contributed by atoms with Crippen LogP contribution in [0.25, 0.3) is 0 Å². The van der Waals surface area contributed by atoms with E-state index < -0.39 is 0 Å². The average molecular weight is 200 g/mol. The molecule has 1 N–H and O–H groups in total. The molecule has 0 saturated heterocycles. The molecule has 0 bridgehead atoms. The predicted molar refractivity (Wildman–Crippen MR) is 56.8 cm³/mol. The van der Waals surface area contributed by atoms with Gasteiger partial charge in [-0.1, -0.05) is 12.1 Å². The minimum atomic E-state index is 0.598. The molecule has 0 radical (unpaired) electrons. The first kappa shape index (κ1) is 10.2. The summed E-state index contributed by atoms with van der Waals surface area (Å²) in [6.07, 6.45) is 0. The zero-order valence-electron chi connectivity index (χ0n) is 7.72. The molecule has 2 nitrogen and oxygen atoms in total. The molecule has 0 atom stereocenters. The lowest BCUT2D eigenvalue weighted by atomic mass is 10.3. The Labute approximate surface area is 83.9 Å². The molecule has 0 aliphatic heterocycles. The van der Waals surface area contributed by atoms with E-state index in [-0.39, 0.29) is 0 Å². The Morgan fingerprint density at radius 2 is 2.15 bits per heavy atom. The molecule has 0 aliphatic carbocycles.